The Morgan fingerprint density at radius 3 is 2.35 bits per heavy atom. The molecule has 0 aliphatic carbocycles. The number of aryl methyl sites for hydroxylation is 3. The molecule has 0 radical (unpaired) electrons. The summed E-state index contributed by atoms with van der Waals surface area (Å²) in [5, 5.41) is 8.69. The molecule has 0 aliphatic heterocycles. The first-order chi connectivity index (χ1) is 9.40. The monoisotopic (exact) mass is 273 g/mol. The number of hydrogen-bond acceptors (Lipinski definition) is 3. The van der Waals surface area contributed by atoms with Crippen molar-refractivity contribution in [2.24, 2.45) is 0 Å². The van der Waals surface area contributed by atoms with Crippen molar-refractivity contribution in [2.75, 3.05) is 0 Å². The number of carboxylic acid groups (broad SMARTS) is 1. The summed E-state index contributed by atoms with van der Waals surface area (Å²) in [5.41, 5.74) is 5.85. The molecule has 1 N–H and O–H groups in total. The SMILES string of the molecule is Cc1cc(C)c(C)c(-c2cnc(CCC(=O)O)o2)c1C. The summed E-state index contributed by atoms with van der Waals surface area (Å²) in [6.45, 7) is 8.28. The lowest BCUT2D eigenvalue weighted by molar-refractivity contribution is -0.137. The fourth-order valence-electron chi connectivity index (χ4n) is 2.34. The molecule has 4 nitrogen and oxygen atoms in total. The zero-order valence-electron chi connectivity index (χ0n) is 12.3. The van der Waals surface area contributed by atoms with E-state index in [0.29, 0.717) is 18.1 Å². The molecular formula is C16H19NO3. The van der Waals surface area contributed by atoms with Crippen LogP contribution in [-0.4, -0.2) is 16.1 Å². The molecule has 0 saturated heterocycles. The van der Waals surface area contributed by atoms with Gasteiger partial charge in [-0.1, -0.05) is 6.07 Å². The molecule has 106 valence electrons. The van der Waals surface area contributed by atoms with E-state index in [-0.39, 0.29) is 6.42 Å². The van der Waals surface area contributed by atoms with Crippen molar-refractivity contribution in [2.45, 2.75) is 40.5 Å². The van der Waals surface area contributed by atoms with Gasteiger partial charge in [0.25, 0.3) is 0 Å². The van der Waals surface area contributed by atoms with Crippen LogP contribution in [0, 0.1) is 27.7 Å². The van der Waals surface area contributed by atoms with E-state index < -0.39 is 5.97 Å². The number of benzene rings is 1. The van der Waals surface area contributed by atoms with E-state index in [9.17, 15) is 4.79 Å². The molecule has 0 atom stereocenters. The molecule has 0 bridgehead atoms. The smallest absolute Gasteiger partial charge is 0.303 e. The molecule has 0 saturated carbocycles. The van der Waals surface area contributed by atoms with E-state index in [2.05, 4.69) is 38.7 Å². The van der Waals surface area contributed by atoms with E-state index in [1.54, 1.807) is 6.20 Å². The standard InChI is InChI=1S/C16H19NO3/c1-9-7-10(2)12(4)16(11(9)3)13-8-17-14(20-13)5-6-15(18)19/h7-8H,5-6H2,1-4H3,(H,18,19). The molecular weight excluding hydrogens is 254 g/mol. The first-order valence-corrected chi connectivity index (χ1v) is 6.64. The second kappa shape index (κ2) is 5.49. The molecule has 0 unspecified atom stereocenters. The summed E-state index contributed by atoms with van der Waals surface area (Å²) in [7, 11) is 0. The highest BCUT2D eigenvalue weighted by molar-refractivity contribution is 5.69. The molecule has 2 aromatic rings. The quantitative estimate of drug-likeness (QED) is 0.924. The third kappa shape index (κ3) is 2.74. The molecule has 0 aliphatic rings. The largest absolute Gasteiger partial charge is 0.481 e. The predicted octanol–water partition coefficient (Wildman–Crippen LogP) is 3.59. The second-order valence-electron chi connectivity index (χ2n) is 5.15. The Kier molecular flexibility index (Phi) is 3.93. The first-order valence-electron chi connectivity index (χ1n) is 6.64. The Morgan fingerprint density at radius 2 is 1.80 bits per heavy atom. The lowest BCUT2D eigenvalue weighted by Crippen LogP contribution is -1.97. The average Bonchev–Trinajstić information content (AvgIpc) is 2.83. The van der Waals surface area contributed by atoms with Crippen molar-refractivity contribution in [1.82, 2.24) is 4.98 Å². The minimum atomic E-state index is -0.844. The maximum Gasteiger partial charge on any atom is 0.303 e. The van der Waals surface area contributed by atoms with Crippen LogP contribution in [0.3, 0.4) is 0 Å². The predicted molar refractivity (Wildman–Crippen MR) is 76.8 cm³/mol. The van der Waals surface area contributed by atoms with Crippen LogP contribution in [-0.2, 0) is 11.2 Å². The van der Waals surface area contributed by atoms with Gasteiger partial charge in [0.15, 0.2) is 11.7 Å². The zero-order chi connectivity index (χ0) is 14.9. The topological polar surface area (TPSA) is 63.3 Å². The molecule has 1 aromatic heterocycles. The number of rotatable bonds is 4. The molecule has 4 heteroatoms. The molecule has 0 fully saturated rings. The van der Waals surface area contributed by atoms with Gasteiger partial charge in [-0.05, 0) is 49.9 Å². The third-order valence-electron chi connectivity index (χ3n) is 3.72. The Balaban J connectivity index is 2.40. The van der Waals surface area contributed by atoms with Gasteiger partial charge in [-0.15, -0.1) is 0 Å². The van der Waals surface area contributed by atoms with E-state index in [4.69, 9.17) is 9.52 Å². The lowest BCUT2D eigenvalue weighted by Gasteiger charge is -2.12. The third-order valence-corrected chi connectivity index (χ3v) is 3.72. The number of nitrogens with zero attached hydrogens (tertiary/aromatic N) is 1. The van der Waals surface area contributed by atoms with Crippen molar-refractivity contribution in [1.29, 1.82) is 0 Å². The van der Waals surface area contributed by atoms with E-state index in [1.807, 2.05) is 0 Å². The maximum absolute atomic E-state index is 10.6. The van der Waals surface area contributed by atoms with Gasteiger partial charge in [0.05, 0.1) is 12.6 Å². The van der Waals surface area contributed by atoms with Gasteiger partial charge < -0.3 is 9.52 Å². The normalized spacial score (nSPS) is 10.8. The van der Waals surface area contributed by atoms with Crippen LogP contribution in [0.1, 0.15) is 34.6 Å². The Labute approximate surface area is 118 Å². The maximum atomic E-state index is 10.6. The van der Waals surface area contributed by atoms with Crippen LogP contribution in [0.25, 0.3) is 11.3 Å². The number of carbonyl (C=O) groups is 1. The van der Waals surface area contributed by atoms with Crippen LogP contribution in [0.15, 0.2) is 16.7 Å². The number of oxazole rings is 1. The number of carboxylic acids is 1. The van der Waals surface area contributed by atoms with Crippen molar-refractivity contribution < 1.29 is 14.3 Å². The summed E-state index contributed by atoms with van der Waals surface area (Å²) >= 11 is 0. The highest BCUT2D eigenvalue weighted by Gasteiger charge is 2.15. The summed E-state index contributed by atoms with van der Waals surface area (Å²) < 4.78 is 5.72. The van der Waals surface area contributed by atoms with Gasteiger partial charge in [-0.2, -0.15) is 0 Å². The highest BCUT2D eigenvalue weighted by Crippen LogP contribution is 2.32. The molecule has 2 rings (SSSR count). The Hall–Kier alpha value is -2.10. The van der Waals surface area contributed by atoms with Crippen LogP contribution in [0.2, 0.25) is 0 Å². The van der Waals surface area contributed by atoms with E-state index in [0.717, 1.165) is 5.56 Å². The highest BCUT2D eigenvalue weighted by atomic mass is 16.4. The molecule has 20 heavy (non-hydrogen) atoms. The summed E-state index contributed by atoms with van der Waals surface area (Å²) in [6.07, 6.45) is 2.04. The van der Waals surface area contributed by atoms with Gasteiger partial charge in [0.1, 0.15) is 0 Å². The van der Waals surface area contributed by atoms with Crippen LogP contribution in [0.4, 0.5) is 0 Å². The van der Waals surface area contributed by atoms with E-state index in [1.165, 1.54) is 22.3 Å². The van der Waals surface area contributed by atoms with Crippen molar-refractivity contribution in [3.63, 3.8) is 0 Å². The minimum absolute atomic E-state index is 0.0325. The zero-order valence-corrected chi connectivity index (χ0v) is 12.3. The Bertz CT molecular complexity index is 630. The number of hydrogen-bond donors (Lipinski definition) is 1. The molecule has 0 amide bonds. The van der Waals surface area contributed by atoms with Crippen LogP contribution >= 0.6 is 0 Å². The summed E-state index contributed by atoms with van der Waals surface area (Å²) in [5.74, 6) is 0.344. The number of aliphatic carboxylic acids is 1. The number of aromatic nitrogens is 1. The van der Waals surface area contributed by atoms with Gasteiger partial charge >= 0.3 is 5.97 Å². The van der Waals surface area contributed by atoms with Crippen molar-refractivity contribution in [3.8, 4) is 11.3 Å². The molecule has 1 heterocycles. The minimum Gasteiger partial charge on any atom is -0.481 e. The van der Waals surface area contributed by atoms with Crippen LogP contribution < -0.4 is 0 Å². The summed E-state index contributed by atoms with van der Waals surface area (Å²) in [6, 6.07) is 2.16. The lowest BCUT2D eigenvalue weighted by atomic mass is 9.93. The fraction of sp³-hybridized carbons (Fsp3) is 0.375. The van der Waals surface area contributed by atoms with Crippen molar-refractivity contribution >= 4 is 5.97 Å². The van der Waals surface area contributed by atoms with Gasteiger partial charge in [0, 0.05) is 12.0 Å². The summed E-state index contributed by atoms with van der Waals surface area (Å²) in [4.78, 5) is 14.8. The van der Waals surface area contributed by atoms with Gasteiger partial charge in [-0.25, -0.2) is 4.98 Å². The van der Waals surface area contributed by atoms with Crippen LogP contribution in [0.5, 0.6) is 0 Å². The second-order valence-corrected chi connectivity index (χ2v) is 5.15. The molecule has 0 spiro atoms. The van der Waals surface area contributed by atoms with E-state index >= 15 is 0 Å². The van der Waals surface area contributed by atoms with Gasteiger partial charge in [0.2, 0.25) is 0 Å². The Morgan fingerprint density at radius 1 is 1.20 bits per heavy atom. The average molecular weight is 273 g/mol. The fourth-order valence-corrected chi connectivity index (χ4v) is 2.34. The molecule has 1 aromatic carbocycles. The van der Waals surface area contributed by atoms with Gasteiger partial charge in [-0.3, -0.25) is 4.79 Å². The van der Waals surface area contributed by atoms with Crippen molar-refractivity contribution in [3.05, 3.63) is 40.4 Å². The first kappa shape index (κ1) is 14.3.